The topological polar surface area (TPSA) is 21.6 Å². The van der Waals surface area contributed by atoms with E-state index in [1.54, 1.807) is 7.11 Å². The molecule has 0 N–H and O–H groups in total. The number of rotatable bonds is 5. The molecule has 0 saturated heterocycles. The van der Waals surface area contributed by atoms with E-state index >= 15 is 0 Å². The normalized spacial score (nSPS) is 17.5. The first-order chi connectivity index (χ1) is 6.43. The van der Waals surface area contributed by atoms with Crippen molar-refractivity contribution in [1.82, 2.24) is 0 Å². The molecule has 0 unspecified atom stereocenters. The summed E-state index contributed by atoms with van der Waals surface area (Å²) in [4.78, 5) is 4.62. The minimum atomic E-state index is 0.665. The van der Waals surface area contributed by atoms with Gasteiger partial charge in [0.05, 0.1) is 0 Å². The van der Waals surface area contributed by atoms with Crippen molar-refractivity contribution in [3.05, 3.63) is 0 Å². The lowest BCUT2D eigenvalue weighted by Crippen LogP contribution is -2.05. The maximum Gasteiger partial charge on any atom is 0.229 e. The molecule has 1 fully saturated rings. The Kier molecular flexibility index (Phi) is 6.11. The van der Waals surface area contributed by atoms with Gasteiger partial charge in [0.15, 0.2) is 0 Å². The maximum atomic E-state index is 5.01. The van der Waals surface area contributed by atoms with E-state index in [-0.39, 0.29) is 0 Å². The van der Waals surface area contributed by atoms with E-state index in [4.69, 9.17) is 4.43 Å². The third-order valence-electron chi connectivity index (χ3n) is 2.35. The van der Waals surface area contributed by atoms with Crippen LogP contribution in [0.15, 0.2) is 4.99 Å². The van der Waals surface area contributed by atoms with E-state index in [2.05, 4.69) is 4.99 Å². The second kappa shape index (κ2) is 7.27. The van der Waals surface area contributed by atoms with E-state index in [0.717, 1.165) is 6.54 Å². The molecule has 2 radical (unpaired) electrons. The zero-order valence-corrected chi connectivity index (χ0v) is 9.51. The molecule has 0 amide bonds. The van der Waals surface area contributed by atoms with Crippen LogP contribution in [-0.4, -0.2) is 29.1 Å². The van der Waals surface area contributed by atoms with Crippen molar-refractivity contribution in [2.45, 2.75) is 44.6 Å². The van der Waals surface area contributed by atoms with Crippen LogP contribution in [0.5, 0.6) is 0 Å². The Morgan fingerprint density at radius 2 is 2.08 bits per heavy atom. The Morgan fingerprint density at radius 3 is 2.77 bits per heavy atom. The van der Waals surface area contributed by atoms with Gasteiger partial charge >= 0.3 is 0 Å². The smallest absolute Gasteiger partial charge is 0.229 e. The number of hydrogen-bond donors (Lipinski definition) is 0. The van der Waals surface area contributed by atoms with Gasteiger partial charge in [-0.05, 0) is 38.1 Å². The molecule has 0 atom stereocenters. The van der Waals surface area contributed by atoms with Crippen LogP contribution in [0.2, 0.25) is 6.04 Å². The molecule has 1 aliphatic carbocycles. The van der Waals surface area contributed by atoms with Gasteiger partial charge in [0.25, 0.3) is 0 Å². The van der Waals surface area contributed by atoms with Crippen LogP contribution in [0.4, 0.5) is 0 Å². The highest BCUT2D eigenvalue weighted by Crippen LogP contribution is 2.14. The third-order valence-corrected chi connectivity index (χ3v) is 3.19. The Labute approximate surface area is 83.7 Å². The molecule has 74 valence electrons. The highest BCUT2D eigenvalue weighted by atomic mass is 28.2. The van der Waals surface area contributed by atoms with Gasteiger partial charge in [-0.15, -0.1) is 0 Å². The third kappa shape index (κ3) is 5.21. The van der Waals surface area contributed by atoms with Crippen molar-refractivity contribution in [1.29, 1.82) is 0 Å². The van der Waals surface area contributed by atoms with Crippen LogP contribution >= 0.6 is 0 Å². The van der Waals surface area contributed by atoms with Crippen LogP contribution in [-0.2, 0) is 4.43 Å². The fraction of sp³-hybridized carbons (Fsp3) is 0.900. The predicted octanol–water partition coefficient (Wildman–Crippen LogP) is 2.47. The lowest BCUT2D eigenvalue weighted by atomic mass is 9.98. The average Bonchev–Trinajstić information content (AvgIpc) is 2.19. The summed E-state index contributed by atoms with van der Waals surface area (Å²) in [5.74, 6) is 0. The molecule has 0 aliphatic heterocycles. The zero-order valence-electron chi connectivity index (χ0n) is 8.51. The van der Waals surface area contributed by atoms with Crippen molar-refractivity contribution >= 4 is 15.5 Å². The SMILES string of the molecule is CO[Si]CCCN=C1CCCCC1. The van der Waals surface area contributed by atoms with Crippen molar-refractivity contribution in [2.24, 2.45) is 4.99 Å². The summed E-state index contributed by atoms with van der Waals surface area (Å²) in [6.45, 7) is 1.02. The summed E-state index contributed by atoms with van der Waals surface area (Å²) in [5.41, 5.74) is 1.46. The van der Waals surface area contributed by atoms with Crippen LogP contribution in [0, 0.1) is 0 Å². The van der Waals surface area contributed by atoms with E-state index in [9.17, 15) is 0 Å². The van der Waals surface area contributed by atoms with Gasteiger partial charge in [-0.25, -0.2) is 0 Å². The van der Waals surface area contributed by atoms with E-state index < -0.39 is 0 Å². The van der Waals surface area contributed by atoms with Crippen LogP contribution in [0.25, 0.3) is 0 Å². The summed E-state index contributed by atoms with van der Waals surface area (Å²) < 4.78 is 5.01. The molecule has 1 saturated carbocycles. The molecule has 0 aromatic heterocycles. The Balaban J connectivity index is 2.01. The summed E-state index contributed by atoms with van der Waals surface area (Å²) in [5, 5.41) is 0. The average molecular weight is 197 g/mol. The van der Waals surface area contributed by atoms with Crippen LogP contribution < -0.4 is 0 Å². The first-order valence-corrected chi connectivity index (χ1v) is 6.33. The first-order valence-electron chi connectivity index (χ1n) is 5.21. The molecule has 0 bridgehead atoms. The molecule has 0 aromatic carbocycles. The molecular weight excluding hydrogens is 178 g/mol. The van der Waals surface area contributed by atoms with Gasteiger partial charge in [-0.3, -0.25) is 4.99 Å². The maximum absolute atomic E-state index is 5.01. The summed E-state index contributed by atoms with van der Waals surface area (Å²) in [6.07, 6.45) is 7.83. The van der Waals surface area contributed by atoms with Crippen molar-refractivity contribution < 1.29 is 4.43 Å². The number of aliphatic imine (C=N–C) groups is 1. The van der Waals surface area contributed by atoms with Crippen molar-refractivity contribution in [3.63, 3.8) is 0 Å². The Morgan fingerprint density at radius 1 is 1.31 bits per heavy atom. The highest BCUT2D eigenvalue weighted by Gasteiger charge is 2.05. The first kappa shape index (κ1) is 10.9. The van der Waals surface area contributed by atoms with Crippen molar-refractivity contribution in [3.8, 4) is 0 Å². The molecule has 1 aliphatic rings. The van der Waals surface area contributed by atoms with Gasteiger partial charge in [0, 0.05) is 19.4 Å². The van der Waals surface area contributed by atoms with E-state index in [1.165, 1.54) is 50.3 Å². The Hall–Kier alpha value is -0.153. The molecule has 0 heterocycles. The fourth-order valence-corrected chi connectivity index (χ4v) is 2.12. The predicted molar refractivity (Wildman–Crippen MR) is 57.6 cm³/mol. The molecule has 13 heavy (non-hydrogen) atoms. The van der Waals surface area contributed by atoms with Gasteiger partial charge in [-0.2, -0.15) is 0 Å². The molecule has 0 aromatic rings. The Bertz CT molecular complexity index is 151. The van der Waals surface area contributed by atoms with Gasteiger partial charge in [-0.1, -0.05) is 6.42 Å². The second-order valence-corrected chi connectivity index (χ2v) is 4.66. The van der Waals surface area contributed by atoms with Gasteiger partial charge in [0.1, 0.15) is 0 Å². The fourth-order valence-electron chi connectivity index (χ4n) is 1.61. The monoisotopic (exact) mass is 197 g/mol. The van der Waals surface area contributed by atoms with E-state index in [0.29, 0.717) is 9.76 Å². The van der Waals surface area contributed by atoms with Crippen molar-refractivity contribution in [2.75, 3.05) is 13.7 Å². The highest BCUT2D eigenvalue weighted by molar-refractivity contribution is 6.26. The summed E-state index contributed by atoms with van der Waals surface area (Å²) in [7, 11) is 2.43. The van der Waals surface area contributed by atoms with E-state index in [1.807, 2.05) is 0 Å². The standard InChI is InChI=1S/C10H19NOSi/c1-12-13-9-5-8-11-10-6-3-2-4-7-10/h2-9H2,1H3. The molecular formula is C10H19NOSi. The quantitative estimate of drug-likeness (QED) is 0.490. The molecule has 2 nitrogen and oxygen atoms in total. The molecule has 3 heteroatoms. The summed E-state index contributed by atoms with van der Waals surface area (Å²) in [6, 6.07) is 1.17. The van der Waals surface area contributed by atoms with Crippen LogP contribution in [0.1, 0.15) is 38.5 Å². The van der Waals surface area contributed by atoms with Crippen LogP contribution in [0.3, 0.4) is 0 Å². The second-order valence-electron chi connectivity index (χ2n) is 3.46. The lowest BCUT2D eigenvalue weighted by Gasteiger charge is -2.11. The molecule has 0 spiro atoms. The summed E-state index contributed by atoms with van der Waals surface area (Å²) >= 11 is 0. The van der Waals surface area contributed by atoms with Gasteiger partial charge in [0.2, 0.25) is 9.76 Å². The number of hydrogen-bond acceptors (Lipinski definition) is 2. The molecule has 1 rings (SSSR count). The lowest BCUT2D eigenvalue weighted by molar-refractivity contribution is 0.440. The van der Waals surface area contributed by atoms with Gasteiger partial charge < -0.3 is 4.43 Å². The largest absolute Gasteiger partial charge is 0.421 e. The zero-order chi connectivity index (χ0) is 9.36. The number of nitrogens with zero attached hydrogens (tertiary/aromatic N) is 1. The minimum Gasteiger partial charge on any atom is -0.421 e. The minimum absolute atomic E-state index is 0.665.